The number of benzene rings is 6. The lowest BCUT2D eigenvalue weighted by Gasteiger charge is -2.19. The van der Waals surface area contributed by atoms with Gasteiger partial charge in [0.05, 0.1) is 0 Å². The average Bonchev–Trinajstić information content (AvgIpc) is 3.01. The van der Waals surface area contributed by atoms with Crippen LogP contribution >= 0.6 is 0 Å². The second-order valence-electron chi connectivity index (χ2n) is 9.52. The molecule has 6 heteroatoms. The van der Waals surface area contributed by atoms with E-state index in [4.69, 9.17) is 18.9 Å². The highest BCUT2D eigenvalue weighted by Crippen LogP contribution is 2.48. The van der Waals surface area contributed by atoms with E-state index in [1.165, 1.54) is 0 Å². The topological polar surface area (TPSA) is 77.4 Å². The van der Waals surface area contributed by atoms with Crippen molar-refractivity contribution < 1.29 is 29.2 Å². The number of phenols is 2. The molecule has 0 aromatic heterocycles. The Labute approximate surface area is 237 Å². The van der Waals surface area contributed by atoms with E-state index in [-0.39, 0.29) is 25.1 Å². The third kappa shape index (κ3) is 5.28. The smallest absolute Gasteiger partial charge is 0.230 e. The molecule has 0 aliphatic rings. The minimum Gasteiger partial charge on any atom is -0.507 e. The number of hydrogen-bond donors (Lipinski definition) is 2. The van der Waals surface area contributed by atoms with Gasteiger partial charge in [-0.25, -0.2) is 0 Å². The van der Waals surface area contributed by atoms with Gasteiger partial charge in [0, 0.05) is 32.7 Å². The number of fused-ring (bicyclic) bond motifs is 2. The molecule has 204 valence electrons. The molecule has 0 bridgehead atoms. The number of hydrogen-bond acceptors (Lipinski definition) is 6. The minimum absolute atomic E-state index is 0.0200. The largest absolute Gasteiger partial charge is 0.507 e. The second-order valence-corrected chi connectivity index (χ2v) is 9.52. The molecule has 0 atom stereocenters. The van der Waals surface area contributed by atoms with Crippen molar-refractivity contribution in [3.05, 3.63) is 121 Å². The van der Waals surface area contributed by atoms with Gasteiger partial charge in [-0.2, -0.15) is 0 Å². The van der Waals surface area contributed by atoms with Crippen molar-refractivity contribution >= 4 is 21.5 Å². The van der Waals surface area contributed by atoms with Crippen LogP contribution in [0.4, 0.5) is 0 Å². The van der Waals surface area contributed by atoms with E-state index < -0.39 is 0 Å². The van der Waals surface area contributed by atoms with Gasteiger partial charge in [-0.15, -0.1) is 0 Å². The molecule has 0 aliphatic carbocycles. The first-order chi connectivity index (χ1) is 20.1. The highest BCUT2D eigenvalue weighted by atomic mass is 16.7. The van der Waals surface area contributed by atoms with Crippen LogP contribution in [0.3, 0.4) is 0 Å². The predicted octanol–water partition coefficient (Wildman–Crippen LogP) is 8.21. The van der Waals surface area contributed by atoms with E-state index >= 15 is 0 Å². The molecule has 0 saturated carbocycles. The number of aryl methyl sites for hydroxylation is 1. The van der Waals surface area contributed by atoms with Crippen molar-refractivity contribution in [2.24, 2.45) is 0 Å². The van der Waals surface area contributed by atoms with Gasteiger partial charge in [0.25, 0.3) is 0 Å². The van der Waals surface area contributed by atoms with Crippen LogP contribution in [0.15, 0.2) is 115 Å². The Balaban J connectivity index is 1.42. The van der Waals surface area contributed by atoms with Gasteiger partial charge in [0.2, 0.25) is 13.6 Å². The summed E-state index contributed by atoms with van der Waals surface area (Å²) < 4.78 is 23.7. The zero-order valence-electron chi connectivity index (χ0n) is 22.4. The molecule has 0 amide bonds. The normalized spacial score (nSPS) is 11.0. The lowest BCUT2D eigenvalue weighted by atomic mass is 9.93. The highest BCUT2D eigenvalue weighted by Gasteiger charge is 2.21. The molecule has 0 heterocycles. The fraction of sp³-hybridized carbons (Fsp3) is 0.0857. The van der Waals surface area contributed by atoms with Crippen LogP contribution in [0.2, 0.25) is 0 Å². The quantitative estimate of drug-likeness (QED) is 0.179. The van der Waals surface area contributed by atoms with Gasteiger partial charge in [0.15, 0.2) is 0 Å². The first-order valence-electron chi connectivity index (χ1n) is 13.2. The van der Waals surface area contributed by atoms with E-state index in [1.54, 1.807) is 12.1 Å². The SMILES string of the molecule is Cc1cccc2c(OCOc3ccccc3)cc(-c3cc(OCOc4ccccc4)c4ccccc4c3O)c(O)c12. The molecule has 0 spiro atoms. The summed E-state index contributed by atoms with van der Waals surface area (Å²) in [4.78, 5) is 0. The van der Waals surface area contributed by atoms with Gasteiger partial charge in [-0.3, -0.25) is 0 Å². The third-order valence-corrected chi connectivity index (χ3v) is 6.94. The standard InChI is InChI=1S/C35H28O6/c1-23-11-10-18-28-32(41-22-39-25-14-6-3-7-15-25)20-30(35(37)33(23)28)29-19-31(26-16-8-9-17-27(26)34(29)36)40-21-38-24-12-4-2-5-13-24/h2-20,36-37H,21-22H2,1H3. The van der Waals surface area contributed by atoms with Crippen molar-refractivity contribution in [1.29, 1.82) is 0 Å². The molecule has 0 aliphatic heterocycles. The molecule has 41 heavy (non-hydrogen) atoms. The van der Waals surface area contributed by atoms with Crippen LogP contribution in [-0.2, 0) is 0 Å². The number of para-hydroxylation sites is 2. The average molecular weight is 545 g/mol. The number of aromatic hydroxyl groups is 2. The molecular weight excluding hydrogens is 516 g/mol. The number of rotatable bonds is 9. The third-order valence-electron chi connectivity index (χ3n) is 6.94. The Morgan fingerprint density at radius 2 is 0.976 bits per heavy atom. The van der Waals surface area contributed by atoms with Crippen LogP contribution in [0.25, 0.3) is 32.7 Å². The highest BCUT2D eigenvalue weighted by molar-refractivity contribution is 6.05. The van der Waals surface area contributed by atoms with Crippen molar-refractivity contribution in [3.63, 3.8) is 0 Å². The van der Waals surface area contributed by atoms with Gasteiger partial charge in [0.1, 0.15) is 34.5 Å². The number of ether oxygens (including phenoxy) is 4. The molecule has 0 unspecified atom stereocenters. The lowest BCUT2D eigenvalue weighted by molar-refractivity contribution is 0.121. The van der Waals surface area contributed by atoms with Crippen LogP contribution in [0, 0.1) is 6.92 Å². The minimum atomic E-state index is -0.0356. The second kappa shape index (κ2) is 11.4. The van der Waals surface area contributed by atoms with Crippen LogP contribution in [-0.4, -0.2) is 23.8 Å². The molecule has 0 radical (unpaired) electrons. The van der Waals surface area contributed by atoms with E-state index in [1.807, 2.05) is 110 Å². The molecule has 0 saturated heterocycles. The first kappa shape index (κ1) is 25.9. The molecule has 0 fully saturated rings. The van der Waals surface area contributed by atoms with E-state index in [0.717, 1.165) is 16.3 Å². The molecule has 6 rings (SSSR count). The van der Waals surface area contributed by atoms with Gasteiger partial charge < -0.3 is 29.2 Å². The fourth-order valence-corrected chi connectivity index (χ4v) is 4.93. The number of phenolic OH excluding ortho intramolecular Hbond substituents is 2. The Bertz CT molecular complexity index is 1820. The first-order valence-corrected chi connectivity index (χ1v) is 13.2. The van der Waals surface area contributed by atoms with Gasteiger partial charge >= 0.3 is 0 Å². The fourth-order valence-electron chi connectivity index (χ4n) is 4.93. The Hall–Kier alpha value is -5.36. The summed E-state index contributed by atoms with van der Waals surface area (Å²) in [6.45, 7) is 1.85. The Morgan fingerprint density at radius 1 is 0.488 bits per heavy atom. The van der Waals surface area contributed by atoms with Gasteiger partial charge in [-0.05, 0) is 48.9 Å². The summed E-state index contributed by atoms with van der Waals surface area (Å²) in [6.07, 6.45) is 0. The Kier molecular flexibility index (Phi) is 7.20. The van der Waals surface area contributed by atoms with Crippen LogP contribution in [0.1, 0.15) is 5.56 Å². The maximum Gasteiger partial charge on any atom is 0.230 e. The monoisotopic (exact) mass is 544 g/mol. The van der Waals surface area contributed by atoms with Crippen molar-refractivity contribution in [2.75, 3.05) is 13.6 Å². The lowest BCUT2D eigenvalue weighted by Crippen LogP contribution is -2.06. The van der Waals surface area contributed by atoms with Crippen LogP contribution in [0.5, 0.6) is 34.5 Å². The van der Waals surface area contributed by atoms with Crippen molar-refractivity contribution in [1.82, 2.24) is 0 Å². The molecule has 6 nitrogen and oxygen atoms in total. The summed E-state index contributed by atoms with van der Waals surface area (Å²) in [5.74, 6) is 2.42. The summed E-state index contributed by atoms with van der Waals surface area (Å²) >= 11 is 0. The van der Waals surface area contributed by atoms with Crippen molar-refractivity contribution in [3.8, 4) is 45.6 Å². The molecule has 6 aromatic rings. The summed E-state index contributed by atoms with van der Waals surface area (Å²) in [5.41, 5.74) is 1.66. The summed E-state index contributed by atoms with van der Waals surface area (Å²) in [6, 6.07) is 35.3. The van der Waals surface area contributed by atoms with Crippen molar-refractivity contribution in [2.45, 2.75) is 6.92 Å². The Morgan fingerprint density at radius 3 is 1.59 bits per heavy atom. The summed E-state index contributed by atoms with van der Waals surface area (Å²) in [5, 5.41) is 25.7. The summed E-state index contributed by atoms with van der Waals surface area (Å²) in [7, 11) is 0. The van der Waals surface area contributed by atoms with Gasteiger partial charge in [-0.1, -0.05) is 78.9 Å². The maximum absolute atomic E-state index is 11.6. The zero-order chi connectivity index (χ0) is 28.2. The van der Waals surface area contributed by atoms with E-state index in [0.29, 0.717) is 44.9 Å². The molecule has 2 N–H and O–H groups in total. The maximum atomic E-state index is 11.6. The molecular formula is C35H28O6. The molecule has 6 aromatic carbocycles. The van der Waals surface area contributed by atoms with E-state index in [2.05, 4.69) is 0 Å². The predicted molar refractivity (Wildman–Crippen MR) is 160 cm³/mol. The van der Waals surface area contributed by atoms with Crippen LogP contribution < -0.4 is 18.9 Å². The zero-order valence-corrected chi connectivity index (χ0v) is 22.4. The van der Waals surface area contributed by atoms with E-state index in [9.17, 15) is 10.2 Å².